The second kappa shape index (κ2) is 5.50. The van der Waals surface area contributed by atoms with Gasteiger partial charge in [0.05, 0.1) is 15.2 Å². The Bertz CT molecular complexity index is 785. The molecule has 4 aliphatic rings. The monoisotopic (exact) mass is 358 g/mol. The number of halogens is 1. The minimum atomic E-state index is -0.994. The Morgan fingerprint density at radius 2 is 2.04 bits per heavy atom. The van der Waals surface area contributed by atoms with Crippen molar-refractivity contribution in [2.24, 2.45) is 5.92 Å². The van der Waals surface area contributed by atoms with Crippen molar-refractivity contribution in [1.29, 1.82) is 0 Å². The zero-order chi connectivity index (χ0) is 17.2. The molecule has 3 atom stereocenters. The molecule has 25 heavy (non-hydrogen) atoms. The summed E-state index contributed by atoms with van der Waals surface area (Å²) >= 11 is 1.68. The van der Waals surface area contributed by atoms with Crippen molar-refractivity contribution in [2.75, 3.05) is 0 Å². The average molecular weight is 358 g/mol. The van der Waals surface area contributed by atoms with E-state index in [4.69, 9.17) is 4.98 Å². The molecule has 132 valence electrons. The first-order valence-corrected chi connectivity index (χ1v) is 10.2. The van der Waals surface area contributed by atoms with Crippen molar-refractivity contribution in [1.82, 2.24) is 9.88 Å². The van der Waals surface area contributed by atoms with E-state index in [1.165, 1.54) is 4.70 Å². The summed E-state index contributed by atoms with van der Waals surface area (Å²) in [6.07, 6.45) is 4.33. The molecular formula is C20H23FN2OS. The van der Waals surface area contributed by atoms with Crippen molar-refractivity contribution in [2.45, 2.75) is 69.1 Å². The first kappa shape index (κ1) is 15.7. The molecule has 0 radical (unpaired) electrons. The summed E-state index contributed by atoms with van der Waals surface area (Å²) in [6.45, 7) is 2.09. The standard InChI is InChI=1S/C20H23FN2OS/c1-12(19-22-16-4-2-3-5-17(16)25-19)6-18(24)23-14-7-13-8-15(23)11-20(21,9-13)10-14/h2-5,12-15H,6-11H2,1H3. The molecule has 0 spiro atoms. The van der Waals surface area contributed by atoms with Gasteiger partial charge in [0.1, 0.15) is 5.67 Å². The number of hydrogen-bond donors (Lipinski definition) is 0. The summed E-state index contributed by atoms with van der Waals surface area (Å²) in [4.78, 5) is 19.8. The number of para-hydroxylation sites is 1. The predicted molar refractivity (Wildman–Crippen MR) is 97.5 cm³/mol. The van der Waals surface area contributed by atoms with E-state index in [1.807, 2.05) is 18.2 Å². The van der Waals surface area contributed by atoms with Crippen molar-refractivity contribution >= 4 is 27.5 Å². The lowest BCUT2D eigenvalue weighted by molar-refractivity contribution is -0.160. The average Bonchev–Trinajstić information content (AvgIpc) is 2.97. The van der Waals surface area contributed by atoms with Gasteiger partial charge in [-0.2, -0.15) is 0 Å². The van der Waals surface area contributed by atoms with Gasteiger partial charge in [0.25, 0.3) is 0 Å². The van der Waals surface area contributed by atoms with Gasteiger partial charge in [0.15, 0.2) is 0 Å². The number of fused-ring (bicyclic) bond motifs is 1. The molecule has 2 aromatic rings. The van der Waals surface area contributed by atoms with E-state index < -0.39 is 5.67 Å². The molecule has 6 rings (SSSR count). The molecule has 1 amide bonds. The van der Waals surface area contributed by atoms with E-state index >= 15 is 0 Å². The third-order valence-corrected chi connectivity index (χ3v) is 7.62. The van der Waals surface area contributed by atoms with Crippen LogP contribution in [0.3, 0.4) is 0 Å². The lowest BCUT2D eigenvalue weighted by atomic mass is 9.62. The smallest absolute Gasteiger partial charge is 0.223 e. The minimum Gasteiger partial charge on any atom is -0.336 e. The Morgan fingerprint density at radius 3 is 2.72 bits per heavy atom. The fourth-order valence-corrected chi connectivity index (χ4v) is 6.51. The molecule has 4 bridgehead atoms. The van der Waals surface area contributed by atoms with E-state index in [-0.39, 0.29) is 23.9 Å². The second-order valence-electron chi connectivity index (χ2n) is 8.33. The number of thiazole rings is 1. The fourth-order valence-electron chi connectivity index (χ4n) is 5.50. The molecule has 3 nitrogen and oxygen atoms in total. The van der Waals surface area contributed by atoms with E-state index in [1.54, 1.807) is 11.3 Å². The Hall–Kier alpha value is -1.49. The molecule has 2 aliphatic carbocycles. The number of aromatic nitrogens is 1. The summed E-state index contributed by atoms with van der Waals surface area (Å²) in [5.74, 6) is 0.804. The van der Waals surface area contributed by atoms with E-state index in [0.717, 1.165) is 29.8 Å². The van der Waals surface area contributed by atoms with Gasteiger partial charge in [-0.25, -0.2) is 9.37 Å². The zero-order valence-electron chi connectivity index (χ0n) is 14.5. The third kappa shape index (κ3) is 2.59. The lowest BCUT2D eigenvalue weighted by Crippen LogP contribution is -2.64. The SMILES string of the molecule is CC(CC(=O)N1C2CC3CC1CC(F)(C3)C2)c1nc2ccccc2s1. The topological polar surface area (TPSA) is 33.2 Å². The highest BCUT2D eigenvalue weighted by molar-refractivity contribution is 7.18. The van der Waals surface area contributed by atoms with Crippen LogP contribution in [0.2, 0.25) is 0 Å². The van der Waals surface area contributed by atoms with Gasteiger partial charge >= 0.3 is 0 Å². The number of amides is 1. The van der Waals surface area contributed by atoms with Crippen LogP contribution in [0.15, 0.2) is 24.3 Å². The maximum Gasteiger partial charge on any atom is 0.223 e. The summed E-state index contributed by atoms with van der Waals surface area (Å²) in [7, 11) is 0. The Labute approximate surface area is 151 Å². The fraction of sp³-hybridized carbons (Fsp3) is 0.600. The Kier molecular flexibility index (Phi) is 3.46. The third-order valence-electron chi connectivity index (χ3n) is 6.36. The van der Waals surface area contributed by atoms with Gasteiger partial charge in [-0.05, 0) is 37.3 Å². The summed E-state index contributed by atoms with van der Waals surface area (Å²) in [5, 5.41) is 1.03. The first-order chi connectivity index (χ1) is 12.0. The number of carbonyl (C=O) groups excluding carboxylic acids is 1. The van der Waals surface area contributed by atoms with Gasteiger partial charge in [0.2, 0.25) is 5.91 Å². The van der Waals surface area contributed by atoms with E-state index in [9.17, 15) is 9.18 Å². The molecule has 2 saturated carbocycles. The quantitative estimate of drug-likeness (QED) is 0.799. The molecule has 5 heteroatoms. The maximum absolute atomic E-state index is 14.8. The van der Waals surface area contributed by atoms with E-state index in [0.29, 0.717) is 25.2 Å². The molecule has 1 aromatic carbocycles. The number of benzene rings is 1. The van der Waals surface area contributed by atoms with Gasteiger partial charge in [-0.3, -0.25) is 4.79 Å². The largest absolute Gasteiger partial charge is 0.336 e. The summed E-state index contributed by atoms with van der Waals surface area (Å²) in [6, 6.07) is 8.37. The van der Waals surface area contributed by atoms with E-state index in [2.05, 4.69) is 17.9 Å². The van der Waals surface area contributed by atoms with Gasteiger partial charge in [-0.1, -0.05) is 19.1 Å². The highest BCUT2D eigenvalue weighted by Gasteiger charge is 2.56. The molecule has 3 heterocycles. The van der Waals surface area contributed by atoms with Crippen LogP contribution >= 0.6 is 11.3 Å². The van der Waals surface area contributed by atoms with Crippen LogP contribution in [0.5, 0.6) is 0 Å². The number of piperidine rings is 2. The highest BCUT2D eigenvalue weighted by atomic mass is 32.1. The molecule has 4 fully saturated rings. The van der Waals surface area contributed by atoms with Crippen molar-refractivity contribution in [3.05, 3.63) is 29.3 Å². The number of nitrogens with zero attached hydrogens (tertiary/aromatic N) is 2. The van der Waals surface area contributed by atoms with Crippen molar-refractivity contribution in [3.8, 4) is 0 Å². The summed E-state index contributed by atoms with van der Waals surface area (Å²) < 4.78 is 16.0. The number of carbonyl (C=O) groups is 1. The van der Waals surface area contributed by atoms with Crippen LogP contribution in [-0.2, 0) is 4.79 Å². The maximum atomic E-state index is 14.8. The Morgan fingerprint density at radius 1 is 1.32 bits per heavy atom. The Balaban J connectivity index is 1.33. The van der Waals surface area contributed by atoms with Crippen LogP contribution in [0.1, 0.15) is 56.4 Å². The summed E-state index contributed by atoms with van der Waals surface area (Å²) in [5.41, 5.74) is 0.0162. The van der Waals surface area contributed by atoms with Crippen LogP contribution in [-0.4, -0.2) is 33.5 Å². The predicted octanol–water partition coefficient (Wildman–Crippen LogP) is 4.67. The normalized spacial score (nSPS) is 34.6. The molecule has 0 N–H and O–H groups in total. The van der Waals surface area contributed by atoms with Gasteiger partial charge in [-0.15, -0.1) is 11.3 Å². The number of alkyl halides is 1. The lowest BCUT2D eigenvalue weighted by Gasteiger charge is -2.58. The zero-order valence-corrected chi connectivity index (χ0v) is 15.3. The van der Waals surface area contributed by atoms with Crippen LogP contribution < -0.4 is 0 Å². The highest BCUT2D eigenvalue weighted by Crippen LogP contribution is 2.53. The molecule has 3 unspecified atom stereocenters. The number of rotatable bonds is 3. The number of hydrogen-bond acceptors (Lipinski definition) is 3. The first-order valence-electron chi connectivity index (χ1n) is 9.36. The van der Waals surface area contributed by atoms with Crippen LogP contribution in [0.4, 0.5) is 4.39 Å². The minimum absolute atomic E-state index is 0.112. The molecule has 2 saturated heterocycles. The van der Waals surface area contributed by atoms with Crippen LogP contribution in [0.25, 0.3) is 10.2 Å². The molecule has 2 aliphatic heterocycles. The van der Waals surface area contributed by atoms with Crippen molar-refractivity contribution < 1.29 is 9.18 Å². The van der Waals surface area contributed by atoms with Gasteiger partial charge < -0.3 is 4.90 Å². The molecule has 1 aromatic heterocycles. The molecular weight excluding hydrogens is 335 g/mol. The van der Waals surface area contributed by atoms with Gasteiger partial charge in [0, 0.05) is 37.3 Å². The van der Waals surface area contributed by atoms with Crippen molar-refractivity contribution in [3.63, 3.8) is 0 Å². The van der Waals surface area contributed by atoms with Crippen LogP contribution in [0, 0.1) is 5.92 Å². The second-order valence-corrected chi connectivity index (χ2v) is 9.40.